The summed E-state index contributed by atoms with van der Waals surface area (Å²) in [4.78, 5) is 41.1. The van der Waals surface area contributed by atoms with Crippen LogP contribution in [-0.2, 0) is 24.0 Å². The number of methoxy groups -OCH3 is 1. The molecule has 2 amide bonds. The molecule has 0 spiro atoms. The molecule has 1 heterocycles. The summed E-state index contributed by atoms with van der Waals surface area (Å²) < 4.78 is 9.92. The number of hydrogen-bond donors (Lipinski definition) is 1. The van der Waals surface area contributed by atoms with Crippen LogP contribution in [0.1, 0.15) is 18.4 Å². The summed E-state index contributed by atoms with van der Waals surface area (Å²) in [6.07, 6.45) is 2.50. The zero-order valence-corrected chi connectivity index (χ0v) is 15.1. The Kier molecular flexibility index (Phi) is 7.60. The second kappa shape index (κ2) is 10.1. The number of oxime groups is 1. The van der Waals surface area contributed by atoms with Crippen molar-refractivity contribution in [3.63, 3.8) is 0 Å². The maximum absolute atomic E-state index is 12.0. The molecule has 1 saturated heterocycles. The molecule has 0 bridgehead atoms. The lowest BCUT2D eigenvalue weighted by molar-refractivity contribution is -0.156. The van der Waals surface area contributed by atoms with Gasteiger partial charge in [-0.15, -0.1) is 0 Å². The minimum Gasteiger partial charge on any atom is -0.497 e. The van der Waals surface area contributed by atoms with E-state index in [-0.39, 0.29) is 24.3 Å². The SMILES string of the molecule is COc1ccc(/C=N\OCC(=O)OCC(=O)N2CCC(C(N)=O)CC2)cc1. The van der Waals surface area contributed by atoms with Crippen molar-refractivity contribution in [3.05, 3.63) is 29.8 Å². The van der Waals surface area contributed by atoms with Crippen LogP contribution in [0.3, 0.4) is 0 Å². The summed E-state index contributed by atoms with van der Waals surface area (Å²) in [6, 6.07) is 7.11. The van der Waals surface area contributed by atoms with Crippen molar-refractivity contribution >= 4 is 24.0 Å². The predicted octanol–water partition coefficient (Wildman–Crippen LogP) is 0.313. The van der Waals surface area contributed by atoms with Gasteiger partial charge in [-0.25, -0.2) is 4.79 Å². The van der Waals surface area contributed by atoms with Crippen LogP contribution in [0, 0.1) is 5.92 Å². The monoisotopic (exact) mass is 377 g/mol. The Balaban J connectivity index is 1.63. The third-order valence-corrected chi connectivity index (χ3v) is 4.18. The normalized spacial score (nSPS) is 14.8. The number of ether oxygens (including phenoxy) is 2. The van der Waals surface area contributed by atoms with E-state index in [1.807, 2.05) is 0 Å². The van der Waals surface area contributed by atoms with E-state index in [1.165, 1.54) is 6.21 Å². The molecule has 146 valence electrons. The van der Waals surface area contributed by atoms with Crippen LogP contribution >= 0.6 is 0 Å². The van der Waals surface area contributed by atoms with Gasteiger partial charge in [0.1, 0.15) is 5.75 Å². The lowest BCUT2D eigenvalue weighted by Gasteiger charge is -2.30. The van der Waals surface area contributed by atoms with E-state index in [2.05, 4.69) is 5.16 Å². The minimum absolute atomic E-state index is 0.200. The average molecular weight is 377 g/mol. The molecular weight excluding hydrogens is 354 g/mol. The zero-order valence-electron chi connectivity index (χ0n) is 15.1. The van der Waals surface area contributed by atoms with Crippen LogP contribution in [0.25, 0.3) is 0 Å². The van der Waals surface area contributed by atoms with Gasteiger partial charge in [0.2, 0.25) is 12.5 Å². The van der Waals surface area contributed by atoms with Gasteiger partial charge in [-0.1, -0.05) is 5.16 Å². The first kappa shape index (κ1) is 20.2. The van der Waals surface area contributed by atoms with Crippen molar-refractivity contribution in [2.75, 3.05) is 33.4 Å². The van der Waals surface area contributed by atoms with E-state index >= 15 is 0 Å². The molecule has 1 aromatic carbocycles. The van der Waals surface area contributed by atoms with Gasteiger partial charge in [0.25, 0.3) is 5.91 Å². The summed E-state index contributed by atoms with van der Waals surface area (Å²) in [5, 5.41) is 3.67. The van der Waals surface area contributed by atoms with E-state index in [1.54, 1.807) is 36.3 Å². The Morgan fingerprint density at radius 3 is 2.44 bits per heavy atom. The quantitative estimate of drug-likeness (QED) is 0.395. The van der Waals surface area contributed by atoms with E-state index in [4.69, 9.17) is 20.0 Å². The molecule has 1 fully saturated rings. The molecule has 1 aliphatic heterocycles. The minimum atomic E-state index is -0.692. The summed E-state index contributed by atoms with van der Waals surface area (Å²) in [5.41, 5.74) is 6.03. The largest absolute Gasteiger partial charge is 0.497 e. The van der Waals surface area contributed by atoms with Crippen molar-refractivity contribution in [3.8, 4) is 5.75 Å². The Bertz CT molecular complexity index is 681. The Hall–Kier alpha value is -3.10. The Morgan fingerprint density at radius 2 is 1.85 bits per heavy atom. The molecule has 0 atom stereocenters. The molecule has 1 aliphatic rings. The Labute approximate surface area is 157 Å². The maximum Gasteiger partial charge on any atom is 0.347 e. The molecule has 0 unspecified atom stereocenters. The van der Waals surface area contributed by atoms with Gasteiger partial charge in [-0.05, 0) is 42.7 Å². The second-order valence-corrected chi connectivity index (χ2v) is 6.00. The lowest BCUT2D eigenvalue weighted by Crippen LogP contribution is -2.43. The van der Waals surface area contributed by atoms with Crippen molar-refractivity contribution in [2.45, 2.75) is 12.8 Å². The molecule has 2 N–H and O–H groups in total. The third kappa shape index (κ3) is 6.61. The number of nitrogens with two attached hydrogens (primary N) is 1. The number of hydrogen-bond acceptors (Lipinski definition) is 7. The molecule has 2 rings (SSSR count). The summed E-state index contributed by atoms with van der Waals surface area (Å²) >= 11 is 0. The van der Waals surface area contributed by atoms with Crippen molar-refractivity contribution in [1.82, 2.24) is 4.90 Å². The van der Waals surface area contributed by atoms with Gasteiger partial charge in [0, 0.05) is 19.0 Å². The molecule has 27 heavy (non-hydrogen) atoms. The van der Waals surface area contributed by atoms with Gasteiger partial charge in [-0.3, -0.25) is 9.59 Å². The number of amides is 2. The van der Waals surface area contributed by atoms with E-state index < -0.39 is 12.6 Å². The number of piperidine rings is 1. The van der Waals surface area contributed by atoms with Crippen LogP contribution in [0.4, 0.5) is 0 Å². The van der Waals surface area contributed by atoms with Gasteiger partial charge >= 0.3 is 5.97 Å². The first-order valence-corrected chi connectivity index (χ1v) is 8.51. The van der Waals surface area contributed by atoms with E-state index in [0.717, 1.165) is 11.3 Å². The van der Waals surface area contributed by atoms with Gasteiger partial charge < -0.3 is 24.9 Å². The van der Waals surface area contributed by atoms with Gasteiger partial charge in [-0.2, -0.15) is 0 Å². The molecule has 0 radical (unpaired) electrons. The number of carbonyl (C=O) groups excluding carboxylic acids is 3. The van der Waals surface area contributed by atoms with Crippen LogP contribution in [0.5, 0.6) is 5.75 Å². The molecule has 0 aliphatic carbocycles. The molecule has 9 heteroatoms. The zero-order chi connectivity index (χ0) is 19.6. The van der Waals surface area contributed by atoms with Crippen LogP contribution in [0.2, 0.25) is 0 Å². The highest BCUT2D eigenvalue weighted by atomic mass is 16.7. The smallest absolute Gasteiger partial charge is 0.347 e. The highest BCUT2D eigenvalue weighted by molar-refractivity contribution is 5.82. The fourth-order valence-corrected chi connectivity index (χ4v) is 2.57. The summed E-state index contributed by atoms with van der Waals surface area (Å²) in [6.45, 7) is 0.0780. The predicted molar refractivity (Wildman–Crippen MR) is 96.0 cm³/mol. The standard InChI is InChI=1S/C18H23N3O6/c1-25-15-4-2-13(3-5-15)10-20-27-12-17(23)26-11-16(22)21-8-6-14(7-9-21)18(19)24/h2-5,10,14H,6-9,11-12H2,1H3,(H2,19,24)/b20-10-. The number of likely N-dealkylation sites (tertiary alicyclic amines) is 1. The summed E-state index contributed by atoms with van der Waals surface area (Å²) in [5.74, 6) is -0.829. The van der Waals surface area contributed by atoms with E-state index in [9.17, 15) is 14.4 Å². The first-order chi connectivity index (χ1) is 13.0. The topological polar surface area (TPSA) is 121 Å². The fraction of sp³-hybridized carbons (Fsp3) is 0.444. The van der Waals surface area contributed by atoms with Crippen LogP contribution < -0.4 is 10.5 Å². The molecule has 0 aromatic heterocycles. The molecule has 1 aromatic rings. The first-order valence-electron chi connectivity index (χ1n) is 8.51. The van der Waals surface area contributed by atoms with Crippen LogP contribution in [-0.4, -0.2) is 62.3 Å². The number of esters is 1. The van der Waals surface area contributed by atoms with Gasteiger partial charge in [0.05, 0.1) is 13.3 Å². The van der Waals surface area contributed by atoms with E-state index in [0.29, 0.717) is 25.9 Å². The van der Waals surface area contributed by atoms with Crippen molar-refractivity contribution < 1.29 is 28.7 Å². The maximum atomic E-state index is 12.0. The highest BCUT2D eigenvalue weighted by Crippen LogP contribution is 2.16. The third-order valence-electron chi connectivity index (χ3n) is 4.18. The van der Waals surface area contributed by atoms with Crippen molar-refractivity contribution in [2.24, 2.45) is 16.8 Å². The van der Waals surface area contributed by atoms with Gasteiger partial charge in [0.15, 0.2) is 6.61 Å². The fourth-order valence-electron chi connectivity index (χ4n) is 2.57. The molecular formula is C18H23N3O6. The lowest BCUT2D eigenvalue weighted by atomic mass is 9.96. The molecule has 9 nitrogen and oxygen atoms in total. The number of benzene rings is 1. The number of rotatable bonds is 8. The number of primary amides is 1. The van der Waals surface area contributed by atoms with Crippen LogP contribution in [0.15, 0.2) is 29.4 Å². The van der Waals surface area contributed by atoms with Crippen molar-refractivity contribution in [1.29, 1.82) is 0 Å². The molecule has 0 saturated carbocycles. The summed E-state index contributed by atoms with van der Waals surface area (Å²) in [7, 11) is 1.58. The average Bonchev–Trinajstić information content (AvgIpc) is 2.70. The second-order valence-electron chi connectivity index (χ2n) is 6.00. The number of carbonyl (C=O) groups is 3. The highest BCUT2D eigenvalue weighted by Gasteiger charge is 2.26. The number of nitrogens with zero attached hydrogens (tertiary/aromatic N) is 2. The Morgan fingerprint density at radius 1 is 1.19 bits per heavy atom.